The highest BCUT2D eigenvalue weighted by atomic mass is 32.2. The molecule has 0 aromatic heterocycles. The molecule has 1 nitrogen and oxygen atoms in total. The zero-order chi connectivity index (χ0) is 10.9. The predicted octanol–water partition coefficient (Wildman–Crippen LogP) is 3.33. The van der Waals surface area contributed by atoms with Crippen LogP contribution in [0.5, 0.6) is 0 Å². The maximum absolute atomic E-state index is 9.98. The molecule has 0 saturated carbocycles. The van der Waals surface area contributed by atoms with Gasteiger partial charge >= 0.3 is 0 Å². The SMILES string of the molecule is C=CCCCCCC(O)C1CSCCS1. The number of hydrogen-bond donors (Lipinski definition) is 1. The second-order valence-corrected chi connectivity index (χ2v) is 6.48. The van der Waals surface area contributed by atoms with Crippen molar-refractivity contribution in [1.29, 1.82) is 0 Å². The molecule has 0 aromatic rings. The van der Waals surface area contributed by atoms with E-state index in [4.69, 9.17) is 0 Å². The Kier molecular flexibility index (Phi) is 7.67. The zero-order valence-corrected chi connectivity index (χ0v) is 11.0. The molecule has 2 unspecified atom stereocenters. The molecule has 15 heavy (non-hydrogen) atoms. The van der Waals surface area contributed by atoms with Crippen LogP contribution in [0.3, 0.4) is 0 Å². The first-order valence-electron chi connectivity index (χ1n) is 5.83. The minimum Gasteiger partial charge on any atom is -0.392 e. The maximum atomic E-state index is 9.98. The van der Waals surface area contributed by atoms with Gasteiger partial charge < -0.3 is 5.11 Å². The fourth-order valence-electron chi connectivity index (χ4n) is 1.73. The Morgan fingerprint density at radius 3 is 2.87 bits per heavy atom. The van der Waals surface area contributed by atoms with Crippen LogP contribution in [0.4, 0.5) is 0 Å². The van der Waals surface area contributed by atoms with Crippen LogP contribution < -0.4 is 0 Å². The van der Waals surface area contributed by atoms with E-state index in [1.807, 2.05) is 29.6 Å². The van der Waals surface area contributed by atoms with Gasteiger partial charge in [0.1, 0.15) is 0 Å². The predicted molar refractivity (Wildman–Crippen MR) is 72.9 cm³/mol. The molecule has 0 aliphatic carbocycles. The van der Waals surface area contributed by atoms with Crippen LogP contribution in [-0.2, 0) is 0 Å². The van der Waals surface area contributed by atoms with Crippen LogP contribution in [0.1, 0.15) is 32.1 Å². The fourth-order valence-corrected chi connectivity index (χ4v) is 4.54. The van der Waals surface area contributed by atoms with Crippen molar-refractivity contribution >= 4 is 23.5 Å². The van der Waals surface area contributed by atoms with Gasteiger partial charge in [-0.1, -0.05) is 18.9 Å². The third-order valence-corrected chi connectivity index (χ3v) is 5.58. The highest BCUT2D eigenvalue weighted by Gasteiger charge is 2.21. The summed E-state index contributed by atoms with van der Waals surface area (Å²) in [4.78, 5) is 0. The molecule has 1 heterocycles. The molecule has 1 aliphatic rings. The summed E-state index contributed by atoms with van der Waals surface area (Å²) in [5, 5.41) is 10.5. The standard InChI is InChI=1S/C12H22OS2/c1-2-3-4-5-6-7-11(13)12-10-14-8-9-15-12/h2,11-13H,1,3-10H2. The van der Waals surface area contributed by atoms with E-state index in [1.54, 1.807) is 0 Å². The first kappa shape index (κ1) is 13.5. The topological polar surface area (TPSA) is 20.2 Å². The van der Waals surface area contributed by atoms with Gasteiger partial charge in [-0.2, -0.15) is 23.5 Å². The Hall–Kier alpha value is 0.400. The smallest absolute Gasteiger partial charge is 0.0666 e. The lowest BCUT2D eigenvalue weighted by atomic mass is 10.1. The lowest BCUT2D eigenvalue weighted by Gasteiger charge is -2.25. The number of hydrogen-bond acceptors (Lipinski definition) is 3. The van der Waals surface area contributed by atoms with E-state index in [-0.39, 0.29) is 6.10 Å². The molecule has 0 spiro atoms. The van der Waals surface area contributed by atoms with Gasteiger partial charge in [-0.25, -0.2) is 0 Å². The summed E-state index contributed by atoms with van der Waals surface area (Å²) in [6.45, 7) is 3.71. The van der Waals surface area contributed by atoms with Crippen LogP contribution in [0, 0.1) is 0 Å². The lowest BCUT2D eigenvalue weighted by Crippen LogP contribution is -2.28. The molecule has 1 N–H and O–H groups in total. The van der Waals surface area contributed by atoms with Gasteiger partial charge in [0.05, 0.1) is 6.10 Å². The molecule has 88 valence electrons. The number of thioether (sulfide) groups is 2. The van der Waals surface area contributed by atoms with Gasteiger partial charge in [0.25, 0.3) is 0 Å². The minimum atomic E-state index is -0.0773. The molecule has 0 aromatic carbocycles. The number of unbranched alkanes of at least 4 members (excludes halogenated alkanes) is 3. The Balaban J connectivity index is 2.01. The zero-order valence-electron chi connectivity index (χ0n) is 9.36. The molecule has 0 bridgehead atoms. The van der Waals surface area contributed by atoms with Gasteiger partial charge in [-0.15, -0.1) is 6.58 Å². The van der Waals surface area contributed by atoms with E-state index in [2.05, 4.69) is 6.58 Å². The summed E-state index contributed by atoms with van der Waals surface area (Å²) in [5.41, 5.74) is 0. The Bertz CT molecular complexity index is 167. The molecule has 1 fully saturated rings. The van der Waals surface area contributed by atoms with Gasteiger partial charge in [-0.05, 0) is 19.3 Å². The quantitative estimate of drug-likeness (QED) is 0.549. The molecule has 1 saturated heterocycles. The second kappa shape index (κ2) is 8.54. The number of aliphatic hydroxyl groups is 1. The van der Waals surface area contributed by atoms with Crippen LogP contribution >= 0.6 is 23.5 Å². The van der Waals surface area contributed by atoms with Crippen LogP contribution in [0.2, 0.25) is 0 Å². The molecule has 1 rings (SSSR count). The third kappa shape index (κ3) is 5.88. The molecular formula is C12H22OS2. The van der Waals surface area contributed by atoms with E-state index in [0.29, 0.717) is 5.25 Å². The molecule has 0 radical (unpaired) electrons. The van der Waals surface area contributed by atoms with Gasteiger partial charge in [0.15, 0.2) is 0 Å². The average Bonchev–Trinajstić information content (AvgIpc) is 2.30. The van der Waals surface area contributed by atoms with Crippen molar-refractivity contribution < 1.29 is 5.11 Å². The van der Waals surface area contributed by atoms with Crippen molar-refractivity contribution in [3.63, 3.8) is 0 Å². The second-order valence-electron chi connectivity index (χ2n) is 3.98. The Morgan fingerprint density at radius 1 is 1.33 bits per heavy atom. The highest BCUT2D eigenvalue weighted by molar-refractivity contribution is 8.06. The Labute approximate surface area is 102 Å². The number of aliphatic hydroxyl groups excluding tert-OH is 1. The van der Waals surface area contributed by atoms with Crippen LogP contribution in [0.15, 0.2) is 12.7 Å². The fraction of sp³-hybridized carbons (Fsp3) is 0.833. The van der Waals surface area contributed by atoms with Gasteiger partial charge in [0, 0.05) is 22.5 Å². The summed E-state index contributed by atoms with van der Waals surface area (Å²) < 4.78 is 0. The summed E-state index contributed by atoms with van der Waals surface area (Å²) in [6, 6.07) is 0. The van der Waals surface area contributed by atoms with Crippen molar-refractivity contribution in [3.8, 4) is 0 Å². The summed E-state index contributed by atoms with van der Waals surface area (Å²) in [5.74, 6) is 3.61. The maximum Gasteiger partial charge on any atom is 0.0666 e. The number of allylic oxidation sites excluding steroid dienone is 1. The van der Waals surface area contributed by atoms with Crippen molar-refractivity contribution in [2.75, 3.05) is 17.3 Å². The molecule has 3 heteroatoms. The first-order valence-corrected chi connectivity index (χ1v) is 8.03. The van der Waals surface area contributed by atoms with E-state index in [1.165, 1.54) is 24.3 Å². The van der Waals surface area contributed by atoms with Crippen LogP contribution in [0.25, 0.3) is 0 Å². The summed E-state index contributed by atoms with van der Waals surface area (Å²) in [6.07, 6.45) is 7.61. The Morgan fingerprint density at radius 2 is 2.20 bits per heavy atom. The monoisotopic (exact) mass is 246 g/mol. The minimum absolute atomic E-state index is 0.0773. The summed E-state index contributed by atoms with van der Waals surface area (Å²) >= 11 is 3.94. The van der Waals surface area contributed by atoms with E-state index in [0.717, 1.165) is 25.0 Å². The van der Waals surface area contributed by atoms with Crippen molar-refractivity contribution in [3.05, 3.63) is 12.7 Å². The average molecular weight is 246 g/mol. The van der Waals surface area contributed by atoms with Gasteiger partial charge in [0.2, 0.25) is 0 Å². The lowest BCUT2D eigenvalue weighted by molar-refractivity contribution is 0.163. The van der Waals surface area contributed by atoms with Gasteiger partial charge in [-0.3, -0.25) is 0 Å². The largest absolute Gasteiger partial charge is 0.392 e. The molecular weight excluding hydrogens is 224 g/mol. The van der Waals surface area contributed by atoms with E-state index >= 15 is 0 Å². The molecule has 0 amide bonds. The van der Waals surface area contributed by atoms with E-state index < -0.39 is 0 Å². The molecule has 1 aliphatic heterocycles. The first-order chi connectivity index (χ1) is 7.34. The van der Waals surface area contributed by atoms with Crippen molar-refractivity contribution in [1.82, 2.24) is 0 Å². The van der Waals surface area contributed by atoms with Crippen LogP contribution in [-0.4, -0.2) is 33.7 Å². The van der Waals surface area contributed by atoms with Crippen molar-refractivity contribution in [2.24, 2.45) is 0 Å². The normalized spacial score (nSPS) is 23.7. The van der Waals surface area contributed by atoms with Crippen molar-refractivity contribution in [2.45, 2.75) is 43.5 Å². The van der Waals surface area contributed by atoms with E-state index in [9.17, 15) is 5.11 Å². The molecule has 2 atom stereocenters. The number of rotatable bonds is 7. The third-order valence-electron chi connectivity index (χ3n) is 2.68. The summed E-state index contributed by atoms with van der Waals surface area (Å²) in [7, 11) is 0. The highest BCUT2D eigenvalue weighted by Crippen LogP contribution is 2.28.